The normalized spacial score (nSPS) is 22.3. The summed E-state index contributed by atoms with van der Waals surface area (Å²) in [5, 5.41) is 10.1. The van der Waals surface area contributed by atoms with Gasteiger partial charge in [-0.1, -0.05) is 35.3 Å². The van der Waals surface area contributed by atoms with Crippen molar-refractivity contribution in [1.82, 2.24) is 9.80 Å². The first kappa shape index (κ1) is 29.3. The van der Waals surface area contributed by atoms with Crippen LogP contribution in [0.3, 0.4) is 0 Å². The predicted octanol–water partition coefficient (Wildman–Crippen LogP) is 3.95. The lowest BCUT2D eigenvalue weighted by atomic mass is 9.97. The fourth-order valence-corrected chi connectivity index (χ4v) is 5.73. The highest BCUT2D eigenvalue weighted by atomic mass is 35.5. The number of nitrogens with zero attached hydrogens (tertiary/aromatic N) is 2. The van der Waals surface area contributed by atoms with Crippen molar-refractivity contribution in [3.63, 3.8) is 0 Å². The van der Waals surface area contributed by atoms with Gasteiger partial charge in [-0.05, 0) is 55.5 Å². The molecule has 0 aliphatic carbocycles. The smallest absolute Gasteiger partial charge is 0.303 e. The number of ether oxygens (including phenoxy) is 1. The van der Waals surface area contributed by atoms with E-state index in [1.807, 2.05) is 4.90 Å². The van der Waals surface area contributed by atoms with Crippen LogP contribution < -0.4 is 10.5 Å². The number of benzene rings is 2. The first-order valence-corrected chi connectivity index (χ1v) is 13.8. The number of halogens is 3. The molecule has 210 valence electrons. The lowest BCUT2D eigenvalue weighted by molar-refractivity contribution is -0.144. The molecule has 2 aromatic rings. The number of Topliss-reactive ketones (excluding diaryl/α,β-unsaturated/α-hetero) is 1. The minimum Gasteiger partial charge on any atom is -0.492 e. The summed E-state index contributed by atoms with van der Waals surface area (Å²) in [6.07, 6.45) is 1.19. The second-order valence-corrected chi connectivity index (χ2v) is 10.9. The summed E-state index contributed by atoms with van der Waals surface area (Å²) in [6.45, 7) is 0.979. The Kier molecular flexibility index (Phi) is 9.82. The van der Waals surface area contributed by atoms with Crippen LogP contribution in [-0.2, 0) is 20.8 Å². The van der Waals surface area contributed by atoms with Crippen molar-refractivity contribution in [1.29, 1.82) is 0 Å². The molecule has 3 N–H and O–H groups in total. The predicted molar refractivity (Wildman–Crippen MR) is 146 cm³/mol. The monoisotopic (exact) mass is 579 g/mol. The van der Waals surface area contributed by atoms with E-state index in [1.165, 1.54) is 17.0 Å². The van der Waals surface area contributed by atoms with E-state index in [-0.39, 0.29) is 56.2 Å². The highest BCUT2D eigenvalue weighted by Gasteiger charge is 2.45. The Morgan fingerprint density at radius 2 is 1.95 bits per heavy atom. The molecule has 0 radical (unpaired) electrons. The zero-order valence-electron chi connectivity index (χ0n) is 21.4. The Morgan fingerprint density at radius 3 is 2.67 bits per heavy atom. The number of hydrogen-bond acceptors (Lipinski definition) is 6. The highest BCUT2D eigenvalue weighted by Crippen LogP contribution is 2.30. The van der Waals surface area contributed by atoms with Crippen molar-refractivity contribution in [2.45, 2.75) is 62.7 Å². The van der Waals surface area contributed by atoms with Gasteiger partial charge in [-0.15, -0.1) is 0 Å². The molecule has 0 spiro atoms. The number of carbonyl (C=O) groups excluding carboxylic acids is 2. The quantitative estimate of drug-likeness (QED) is 0.414. The molecule has 2 aliphatic heterocycles. The molecule has 4 atom stereocenters. The molecule has 0 bridgehead atoms. The number of rotatable bonds is 11. The van der Waals surface area contributed by atoms with Crippen LogP contribution in [0.4, 0.5) is 4.39 Å². The average molecular weight is 580 g/mol. The summed E-state index contributed by atoms with van der Waals surface area (Å²) in [6, 6.07) is 9.17. The summed E-state index contributed by atoms with van der Waals surface area (Å²) in [4.78, 5) is 42.2. The third kappa shape index (κ3) is 7.48. The third-order valence-electron chi connectivity index (χ3n) is 7.37. The summed E-state index contributed by atoms with van der Waals surface area (Å²) >= 11 is 12.1. The van der Waals surface area contributed by atoms with Crippen LogP contribution in [0.5, 0.6) is 5.75 Å². The third-order valence-corrected chi connectivity index (χ3v) is 8.11. The van der Waals surface area contributed by atoms with Crippen LogP contribution in [0.25, 0.3) is 0 Å². The van der Waals surface area contributed by atoms with Crippen LogP contribution in [0.1, 0.15) is 37.7 Å². The van der Waals surface area contributed by atoms with Crippen molar-refractivity contribution in [3.05, 3.63) is 63.9 Å². The number of hydrogen-bond donors (Lipinski definition) is 2. The summed E-state index contributed by atoms with van der Waals surface area (Å²) in [7, 11) is 0. The number of amides is 1. The second-order valence-electron chi connectivity index (χ2n) is 10.1. The second kappa shape index (κ2) is 13.1. The Balaban J connectivity index is 1.51. The van der Waals surface area contributed by atoms with Gasteiger partial charge >= 0.3 is 5.97 Å². The number of aliphatic carboxylic acids is 1. The molecular formula is C28H32Cl2FN3O5. The van der Waals surface area contributed by atoms with E-state index < -0.39 is 23.9 Å². The van der Waals surface area contributed by atoms with E-state index in [2.05, 4.69) is 0 Å². The number of fused-ring (bicyclic) bond motifs is 1. The van der Waals surface area contributed by atoms with Gasteiger partial charge in [0, 0.05) is 44.1 Å². The highest BCUT2D eigenvalue weighted by molar-refractivity contribution is 6.42. The largest absolute Gasteiger partial charge is 0.492 e. The fourth-order valence-electron chi connectivity index (χ4n) is 5.41. The van der Waals surface area contributed by atoms with Gasteiger partial charge in [0.05, 0.1) is 22.1 Å². The van der Waals surface area contributed by atoms with Crippen molar-refractivity contribution in [2.24, 2.45) is 5.73 Å². The molecule has 1 unspecified atom stereocenters. The molecule has 2 fully saturated rings. The zero-order valence-corrected chi connectivity index (χ0v) is 22.9. The maximum atomic E-state index is 13.8. The van der Waals surface area contributed by atoms with Crippen LogP contribution in [0.2, 0.25) is 10.0 Å². The molecule has 1 amide bonds. The minimum atomic E-state index is -1.04. The number of ketones is 1. The standard InChI is InChI=1S/C28H32Cl2FN3O5/c29-22-6-4-17(12-23(22)30)5-8-26(35)24(7-9-27(36)37)33-11-10-20(16-39-21-3-1-2-18(31)13-21)34-15-19(32)14-25(34)28(33)38/h1-4,6,12-13,19-20,24-25H,5,7-11,14-16,32H2,(H,36,37)/t19-,20?,24-,25+/m1/s1. The zero-order chi connectivity index (χ0) is 28.1. The molecule has 2 saturated heterocycles. The lowest BCUT2D eigenvalue weighted by Crippen LogP contribution is -2.51. The Labute approximate surface area is 236 Å². The Bertz CT molecular complexity index is 1220. The summed E-state index contributed by atoms with van der Waals surface area (Å²) in [5.74, 6) is -1.49. The molecule has 2 aliphatic rings. The molecule has 4 rings (SSSR count). The summed E-state index contributed by atoms with van der Waals surface area (Å²) < 4.78 is 19.5. The number of aryl methyl sites for hydroxylation is 1. The molecule has 0 aromatic heterocycles. The maximum Gasteiger partial charge on any atom is 0.303 e. The van der Waals surface area contributed by atoms with E-state index in [9.17, 15) is 23.9 Å². The van der Waals surface area contributed by atoms with Crippen LogP contribution in [0.15, 0.2) is 42.5 Å². The van der Waals surface area contributed by atoms with Gasteiger partial charge in [0.2, 0.25) is 5.91 Å². The number of carboxylic acid groups (broad SMARTS) is 1. The van der Waals surface area contributed by atoms with Crippen molar-refractivity contribution in [2.75, 3.05) is 19.7 Å². The molecule has 39 heavy (non-hydrogen) atoms. The van der Waals surface area contributed by atoms with Gasteiger partial charge in [0.15, 0.2) is 5.78 Å². The van der Waals surface area contributed by atoms with E-state index in [0.717, 1.165) is 5.56 Å². The van der Waals surface area contributed by atoms with Gasteiger partial charge in [-0.3, -0.25) is 19.3 Å². The van der Waals surface area contributed by atoms with E-state index >= 15 is 0 Å². The number of carbonyl (C=O) groups is 3. The minimum absolute atomic E-state index is 0.0184. The fraction of sp³-hybridized carbons (Fsp3) is 0.464. The van der Waals surface area contributed by atoms with E-state index in [4.69, 9.17) is 33.7 Å². The van der Waals surface area contributed by atoms with Gasteiger partial charge in [0.25, 0.3) is 0 Å². The Hall–Kier alpha value is -2.72. The lowest BCUT2D eigenvalue weighted by Gasteiger charge is -2.32. The van der Waals surface area contributed by atoms with Gasteiger partial charge in [-0.25, -0.2) is 4.39 Å². The molecule has 11 heteroatoms. The van der Waals surface area contributed by atoms with Crippen molar-refractivity contribution >= 4 is 40.9 Å². The van der Waals surface area contributed by atoms with E-state index in [0.29, 0.717) is 41.6 Å². The van der Waals surface area contributed by atoms with E-state index in [1.54, 1.807) is 30.3 Å². The van der Waals surface area contributed by atoms with Crippen LogP contribution in [-0.4, -0.2) is 76.4 Å². The van der Waals surface area contributed by atoms with Gasteiger partial charge in [-0.2, -0.15) is 0 Å². The molecule has 8 nitrogen and oxygen atoms in total. The van der Waals surface area contributed by atoms with Crippen molar-refractivity contribution < 1.29 is 28.6 Å². The Morgan fingerprint density at radius 1 is 1.15 bits per heavy atom. The number of carboxylic acids is 1. The topological polar surface area (TPSA) is 113 Å². The van der Waals surface area contributed by atoms with Crippen molar-refractivity contribution in [3.8, 4) is 5.75 Å². The van der Waals surface area contributed by atoms with Gasteiger partial charge < -0.3 is 20.5 Å². The molecule has 0 saturated carbocycles. The number of nitrogens with two attached hydrogens (primary N) is 1. The first-order valence-electron chi connectivity index (χ1n) is 13.0. The average Bonchev–Trinajstić information content (AvgIpc) is 3.23. The molecular weight excluding hydrogens is 548 g/mol. The maximum absolute atomic E-state index is 13.8. The summed E-state index contributed by atoms with van der Waals surface area (Å²) in [5.41, 5.74) is 7.06. The van der Waals surface area contributed by atoms with Crippen LogP contribution >= 0.6 is 23.2 Å². The first-order chi connectivity index (χ1) is 18.6. The SMILES string of the molecule is N[C@@H]1C[C@H]2C(=O)N([C@H](CCC(=O)O)C(=O)CCc3ccc(Cl)c(Cl)c3)CCC(COc3cccc(F)c3)N2C1. The molecule has 2 heterocycles. The van der Waals surface area contributed by atoms with Gasteiger partial charge in [0.1, 0.15) is 18.2 Å². The molecule has 2 aromatic carbocycles. The van der Waals surface area contributed by atoms with Crippen LogP contribution in [0, 0.1) is 5.82 Å².